The van der Waals surface area contributed by atoms with Gasteiger partial charge in [-0.05, 0) is 38.1 Å². The molecule has 1 aromatic carbocycles. The lowest BCUT2D eigenvalue weighted by atomic mass is 9.79. The molecule has 1 saturated heterocycles. The number of ether oxygens (including phenoxy) is 1. The second kappa shape index (κ2) is 9.37. The van der Waals surface area contributed by atoms with E-state index < -0.39 is 0 Å². The second-order valence-electron chi connectivity index (χ2n) is 6.42. The molecule has 1 aliphatic rings. The van der Waals surface area contributed by atoms with Crippen LogP contribution >= 0.6 is 24.0 Å². The molecule has 6 nitrogen and oxygen atoms in total. The summed E-state index contributed by atoms with van der Waals surface area (Å²) in [6.07, 6.45) is 1.93. The zero-order valence-electron chi connectivity index (χ0n) is 14.6. The Morgan fingerprint density at radius 3 is 2.81 bits per heavy atom. The van der Waals surface area contributed by atoms with E-state index in [1.54, 1.807) is 19.2 Å². The van der Waals surface area contributed by atoms with Crippen LogP contribution in [0.4, 0.5) is 0 Å². The number of hydrogen-bond acceptors (Lipinski definition) is 5. The van der Waals surface area contributed by atoms with Gasteiger partial charge in [0.15, 0.2) is 11.5 Å². The molecule has 0 atom stereocenters. The van der Waals surface area contributed by atoms with Crippen molar-refractivity contribution in [1.82, 2.24) is 15.8 Å². The van der Waals surface area contributed by atoms with Crippen LogP contribution in [-0.4, -0.2) is 44.4 Å². The van der Waals surface area contributed by atoms with E-state index in [0.29, 0.717) is 29.5 Å². The molecule has 1 fully saturated rings. The van der Waals surface area contributed by atoms with Gasteiger partial charge in [0.1, 0.15) is 0 Å². The number of hydrogen-bond donors (Lipinski definition) is 2. The fourth-order valence-electron chi connectivity index (χ4n) is 3.16. The molecule has 0 unspecified atom stereocenters. The number of benzene rings is 1. The lowest BCUT2D eigenvalue weighted by molar-refractivity contribution is 0.0510. The van der Waals surface area contributed by atoms with E-state index in [9.17, 15) is 4.79 Å². The van der Waals surface area contributed by atoms with Gasteiger partial charge >= 0.3 is 0 Å². The minimum atomic E-state index is -0.254. The van der Waals surface area contributed by atoms with E-state index in [1.807, 2.05) is 18.2 Å². The van der Waals surface area contributed by atoms with Crippen LogP contribution in [-0.2, 0) is 4.74 Å². The average Bonchev–Trinajstić information content (AvgIpc) is 3.11. The maximum absolute atomic E-state index is 12.4. The largest absolute Gasteiger partial charge is 0.384 e. The number of aromatic nitrogens is 1. The van der Waals surface area contributed by atoms with Crippen molar-refractivity contribution in [2.24, 2.45) is 5.41 Å². The van der Waals surface area contributed by atoms with Crippen molar-refractivity contribution < 1.29 is 14.1 Å². The number of carbonyl (C=O) groups excluding carboxylic acids is 1. The fraction of sp³-hybridized carbons (Fsp3) is 0.444. The number of rotatable bonds is 6. The van der Waals surface area contributed by atoms with E-state index in [0.717, 1.165) is 25.9 Å². The summed E-state index contributed by atoms with van der Waals surface area (Å²) in [6.45, 7) is 3.04. The minimum Gasteiger partial charge on any atom is -0.384 e. The summed E-state index contributed by atoms with van der Waals surface area (Å²) >= 11 is 6.16. The van der Waals surface area contributed by atoms with E-state index in [-0.39, 0.29) is 29.4 Å². The summed E-state index contributed by atoms with van der Waals surface area (Å²) in [7, 11) is 1.69. The molecular formula is C18H23Cl2N3O3. The SMILES string of the molecule is COCC1(CNC(=O)c2cc(-c3ccccc3Cl)on2)CCNCC1.Cl. The normalized spacial score (nSPS) is 15.9. The van der Waals surface area contributed by atoms with Gasteiger partial charge < -0.3 is 19.9 Å². The van der Waals surface area contributed by atoms with Crippen LogP contribution in [0.15, 0.2) is 34.9 Å². The number of amides is 1. The van der Waals surface area contributed by atoms with Crippen molar-refractivity contribution in [2.75, 3.05) is 33.4 Å². The molecule has 3 rings (SSSR count). The third kappa shape index (κ3) is 4.76. The van der Waals surface area contributed by atoms with Crippen LogP contribution < -0.4 is 10.6 Å². The Bertz CT molecular complexity index is 724. The van der Waals surface area contributed by atoms with Crippen molar-refractivity contribution in [3.05, 3.63) is 41.0 Å². The van der Waals surface area contributed by atoms with Gasteiger partial charge in [0.05, 0.1) is 11.6 Å². The Hall–Kier alpha value is -1.60. The molecule has 0 radical (unpaired) electrons. The first kappa shape index (κ1) is 20.7. The van der Waals surface area contributed by atoms with Crippen molar-refractivity contribution in [1.29, 1.82) is 0 Å². The highest BCUT2D eigenvalue weighted by molar-refractivity contribution is 6.33. The first-order valence-electron chi connectivity index (χ1n) is 8.33. The number of carbonyl (C=O) groups is 1. The maximum atomic E-state index is 12.4. The standard InChI is InChI=1S/C18H22ClN3O3.ClH/c1-24-12-18(6-8-20-9-7-18)11-21-17(23)15-10-16(25-22-15)13-4-2-3-5-14(13)19;/h2-5,10,20H,6-9,11-12H2,1H3,(H,21,23);1H. The molecule has 0 saturated carbocycles. The van der Waals surface area contributed by atoms with Gasteiger partial charge in [-0.25, -0.2) is 0 Å². The van der Waals surface area contributed by atoms with Gasteiger partial charge in [-0.15, -0.1) is 12.4 Å². The molecule has 1 aromatic heterocycles. The predicted molar refractivity (Wildman–Crippen MR) is 103 cm³/mol. The van der Waals surface area contributed by atoms with E-state index in [1.165, 1.54) is 0 Å². The highest BCUT2D eigenvalue weighted by Gasteiger charge is 2.32. The van der Waals surface area contributed by atoms with Gasteiger partial charge in [-0.1, -0.05) is 28.9 Å². The molecule has 1 amide bonds. The van der Waals surface area contributed by atoms with Gasteiger partial charge in [0.25, 0.3) is 5.91 Å². The second-order valence-corrected chi connectivity index (χ2v) is 6.83. The van der Waals surface area contributed by atoms with Crippen LogP contribution in [0.5, 0.6) is 0 Å². The van der Waals surface area contributed by atoms with Crippen LogP contribution in [0.3, 0.4) is 0 Å². The number of halogens is 2. The van der Waals surface area contributed by atoms with Crippen molar-refractivity contribution in [2.45, 2.75) is 12.8 Å². The molecular weight excluding hydrogens is 377 g/mol. The summed E-state index contributed by atoms with van der Waals surface area (Å²) in [5, 5.41) is 10.7. The van der Waals surface area contributed by atoms with Crippen molar-refractivity contribution >= 4 is 29.9 Å². The monoisotopic (exact) mass is 399 g/mol. The topological polar surface area (TPSA) is 76.4 Å². The van der Waals surface area contributed by atoms with Gasteiger partial charge in [-0.2, -0.15) is 0 Å². The first-order valence-corrected chi connectivity index (χ1v) is 8.71. The third-order valence-electron chi connectivity index (χ3n) is 4.62. The summed E-state index contributed by atoms with van der Waals surface area (Å²) < 4.78 is 10.7. The Morgan fingerprint density at radius 2 is 2.12 bits per heavy atom. The minimum absolute atomic E-state index is 0. The summed E-state index contributed by atoms with van der Waals surface area (Å²) in [4.78, 5) is 12.4. The van der Waals surface area contributed by atoms with Crippen molar-refractivity contribution in [3.63, 3.8) is 0 Å². The molecule has 2 aromatic rings. The molecule has 142 valence electrons. The summed E-state index contributed by atoms with van der Waals surface area (Å²) in [6, 6.07) is 8.90. The lowest BCUT2D eigenvalue weighted by Crippen LogP contribution is -2.47. The quantitative estimate of drug-likeness (QED) is 0.779. The smallest absolute Gasteiger partial charge is 0.273 e. The third-order valence-corrected chi connectivity index (χ3v) is 4.95. The zero-order valence-corrected chi connectivity index (χ0v) is 16.2. The predicted octanol–water partition coefficient (Wildman–Crippen LogP) is 3.16. The highest BCUT2D eigenvalue weighted by Crippen LogP contribution is 2.29. The zero-order chi connectivity index (χ0) is 17.7. The molecule has 26 heavy (non-hydrogen) atoms. The Kier molecular flexibility index (Phi) is 7.46. The summed E-state index contributed by atoms with van der Waals surface area (Å²) in [5.74, 6) is 0.222. The Morgan fingerprint density at radius 1 is 1.38 bits per heavy atom. The van der Waals surface area contributed by atoms with Crippen molar-refractivity contribution in [3.8, 4) is 11.3 Å². The molecule has 0 bridgehead atoms. The number of piperidine rings is 1. The fourth-order valence-corrected chi connectivity index (χ4v) is 3.39. The van der Waals surface area contributed by atoms with E-state index >= 15 is 0 Å². The van der Waals surface area contributed by atoms with E-state index in [2.05, 4.69) is 15.8 Å². The van der Waals surface area contributed by atoms with Gasteiger partial charge in [-0.3, -0.25) is 4.79 Å². The molecule has 8 heteroatoms. The van der Waals surface area contributed by atoms with Crippen LogP contribution in [0.25, 0.3) is 11.3 Å². The van der Waals surface area contributed by atoms with Crippen LogP contribution in [0.1, 0.15) is 23.3 Å². The van der Waals surface area contributed by atoms with Crippen LogP contribution in [0, 0.1) is 5.41 Å². The number of nitrogens with one attached hydrogen (secondary N) is 2. The lowest BCUT2D eigenvalue weighted by Gasteiger charge is -2.37. The number of nitrogens with zero attached hydrogens (tertiary/aromatic N) is 1. The maximum Gasteiger partial charge on any atom is 0.273 e. The Labute approximate surface area is 164 Å². The Balaban J connectivity index is 0.00000243. The molecule has 2 N–H and O–H groups in total. The highest BCUT2D eigenvalue weighted by atomic mass is 35.5. The van der Waals surface area contributed by atoms with E-state index in [4.69, 9.17) is 20.9 Å². The molecule has 0 aliphatic carbocycles. The molecule has 0 spiro atoms. The van der Waals surface area contributed by atoms with Gasteiger partial charge in [0, 0.05) is 30.7 Å². The first-order chi connectivity index (χ1) is 12.1. The number of methoxy groups -OCH3 is 1. The average molecular weight is 400 g/mol. The van der Waals surface area contributed by atoms with Crippen LogP contribution in [0.2, 0.25) is 5.02 Å². The van der Waals surface area contributed by atoms with Gasteiger partial charge in [0.2, 0.25) is 0 Å². The molecule has 2 heterocycles. The summed E-state index contributed by atoms with van der Waals surface area (Å²) in [5.41, 5.74) is 0.923. The molecule has 1 aliphatic heterocycles.